The number of carboxylic acids is 1. The van der Waals surface area contributed by atoms with Crippen LogP contribution in [0.15, 0.2) is 23.1 Å². The van der Waals surface area contributed by atoms with Crippen LogP contribution in [0.4, 0.5) is 5.69 Å². The van der Waals surface area contributed by atoms with Crippen molar-refractivity contribution in [2.75, 3.05) is 5.32 Å². The Labute approximate surface area is 100 Å². The molecule has 0 aliphatic carbocycles. The van der Waals surface area contributed by atoms with E-state index < -0.39 is 12.0 Å². The molecule has 0 aromatic carbocycles. The third-order valence-corrected chi connectivity index (χ3v) is 2.50. The molecule has 0 saturated carbocycles. The summed E-state index contributed by atoms with van der Waals surface area (Å²) in [5, 5.41) is 11.8. The molecule has 0 spiro atoms. The van der Waals surface area contributed by atoms with Crippen LogP contribution in [-0.4, -0.2) is 21.7 Å². The number of aromatic nitrogens is 1. The molecule has 5 nitrogen and oxygen atoms in total. The van der Waals surface area contributed by atoms with Crippen LogP contribution in [0.25, 0.3) is 0 Å². The SMILES string of the molecule is CCCn1cc(NC(CC)C(=O)O)ccc1=O. The standard InChI is InChI=1S/C12H18N2O3/c1-3-7-14-8-9(5-6-11(14)15)13-10(4-2)12(16)17/h5-6,8,10,13H,3-4,7H2,1-2H3,(H,16,17). The minimum atomic E-state index is -0.888. The lowest BCUT2D eigenvalue weighted by atomic mass is 10.2. The van der Waals surface area contributed by atoms with Gasteiger partial charge in [0.25, 0.3) is 5.56 Å². The maximum Gasteiger partial charge on any atom is 0.326 e. The van der Waals surface area contributed by atoms with E-state index >= 15 is 0 Å². The van der Waals surface area contributed by atoms with Crippen LogP contribution in [0.5, 0.6) is 0 Å². The summed E-state index contributed by atoms with van der Waals surface area (Å²) in [6.07, 6.45) is 3.01. The molecule has 0 aliphatic rings. The lowest BCUT2D eigenvalue weighted by Gasteiger charge is -2.14. The Morgan fingerprint density at radius 1 is 1.47 bits per heavy atom. The number of nitrogens with zero attached hydrogens (tertiary/aromatic N) is 1. The van der Waals surface area contributed by atoms with E-state index in [0.717, 1.165) is 6.42 Å². The largest absolute Gasteiger partial charge is 0.480 e. The molecule has 17 heavy (non-hydrogen) atoms. The van der Waals surface area contributed by atoms with Crippen LogP contribution in [-0.2, 0) is 11.3 Å². The molecule has 1 heterocycles. The van der Waals surface area contributed by atoms with Crippen molar-refractivity contribution in [3.8, 4) is 0 Å². The monoisotopic (exact) mass is 238 g/mol. The van der Waals surface area contributed by atoms with Crippen LogP contribution in [0.2, 0.25) is 0 Å². The second-order valence-electron chi connectivity index (χ2n) is 3.89. The van der Waals surface area contributed by atoms with Gasteiger partial charge in [-0.05, 0) is 18.9 Å². The topological polar surface area (TPSA) is 71.3 Å². The van der Waals surface area contributed by atoms with Crippen molar-refractivity contribution < 1.29 is 9.90 Å². The lowest BCUT2D eigenvalue weighted by Crippen LogP contribution is -2.29. The fourth-order valence-electron chi connectivity index (χ4n) is 1.57. The summed E-state index contributed by atoms with van der Waals surface area (Å²) in [5.74, 6) is -0.888. The van der Waals surface area contributed by atoms with Gasteiger partial charge in [-0.15, -0.1) is 0 Å². The summed E-state index contributed by atoms with van der Waals surface area (Å²) in [4.78, 5) is 22.4. The molecule has 1 atom stereocenters. The van der Waals surface area contributed by atoms with Gasteiger partial charge in [0.2, 0.25) is 0 Å². The smallest absolute Gasteiger partial charge is 0.326 e. The van der Waals surface area contributed by atoms with Gasteiger partial charge in [0.05, 0.1) is 5.69 Å². The Kier molecular flexibility index (Phi) is 4.75. The molecular weight excluding hydrogens is 220 g/mol. The van der Waals surface area contributed by atoms with E-state index in [2.05, 4.69) is 5.32 Å². The van der Waals surface area contributed by atoms with E-state index in [0.29, 0.717) is 18.7 Å². The molecule has 1 rings (SSSR count). The first-order valence-corrected chi connectivity index (χ1v) is 5.78. The Morgan fingerprint density at radius 3 is 2.71 bits per heavy atom. The third-order valence-electron chi connectivity index (χ3n) is 2.50. The summed E-state index contributed by atoms with van der Waals surface area (Å²) in [5.41, 5.74) is 0.591. The van der Waals surface area contributed by atoms with Crippen LogP contribution >= 0.6 is 0 Å². The molecule has 0 saturated heterocycles. The molecule has 5 heteroatoms. The van der Waals surface area contributed by atoms with Gasteiger partial charge in [-0.2, -0.15) is 0 Å². The molecule has 0 bridgehead atoms. The van der Waals surface area contributed by atoms with Crippen molar-refractivity contribution in [3.05, 3.63) is 28.7 Å². The van der Waals surface area contributed by atoms with Crippen LogP contribution in [0.1, 0.15) is 26.7 Å². The average molecular weight is 238 g/mol. The van der Waals surface area contributed by atoms with Gasteiger partial charge in [-0.3, -0.25) is 4.79 Å². The number of aryl methyl sites for hydroxylation is 1. The molecule has 1 aromatic rings. The molecule has 0 aliphatic heterocycles. The fourth-order valence-corrected chi connectivity index (χ4v) is 1.57. The summed E-state index contributed by atoms with van der Waals surface area (Å²) in [6, 6.07) is 2.44. The first-order chi connectivity index (χ1) is 8.08. The zero-order chi connectivity index (χ0) is 12.8. The van der Waals surface area contributed by atoms with Crippen molar-refractivity contribution in [3.63, 3.8) is 0 Å². The van der Waals surface area contributed by atoms with Crippen molar-refractivity contribution in [1.82, 2.24) is 4.57 Å². The Hall–Kier alpha value is -1.78. The average Bonchev–Trinajstić information content (AvgIpc) is 2.30. The number of pyridine rings is 1. The van der Waals surface area contributed by atoms with Crippen molar-refractivity contribution in [2.24, 2.45) is 0 Å². The zero-order valence-corrected chi connectivity index (χ0v) is 10.1. The van der Waals surface area contributed by atoms with E-state index in [9.17, 15) is 9.59 Å². The summed E-state index contributed by atoms with van der Waals surface area (Å²) in [6.45, 7) is 4.42. The molecule has 0 fully saturated rings. The van der Waals surface area contributed by atoms with Gasteiger partial charge in [0, 0.05) is 18.8 Å². The van der Waals surface area contributed by atoms with Gasteiger partial charge >= 0.3 is 5.97 Å². The minimum Gasteiger partial charge on any atom is -0.480 e. The number of carbonyl (C=O) groups is 1. The van der Waals surface area contributed by atoms with Crippen LogP contribution < -0.4 is 10.9 Å². The number of nitrogens with one attached hydrogen (secondary N) is 1. The van der Waals surface area contributed by atoms with E-state index in [-0.39, 0.29) is 5.56 Å². The molecule has 1 aromatic heterocycles. The first-order valence-electron chi connectivity index (χ1n) is 5.78. The number of aliphatic carboxylic acids is 1. The quantitative estimate of drug-likeness (QED) is 0.788. The van der Waals surface area contributed by atoms with E-state index in [1.54, 1.807) is 23.8 Å². The Balaban J connectivity index is 2.88. The second-order valence-corrected chi connectivity index (χ2v) is 3.89. The van der Waals surface area contributed by atoms with Crippen molar-refractivity contribution >= 4 is 11.7 Å². The van der Waals surface area contributed by atoms with E-state index in [1.807, 2.05) is 6.92 Å². The highest BCUT2D eigenvalue weighted by Crippen LogP contribution is 2.08. The van der Waals surface area contributed by atoms with Gasteiger partial charge in [0.15, 0.2) is 0 Å². The fraction of sp³-hybridized carbons (Fsp3) is 0.500. The first kappa shape index (κ1) is 13.3. The highest BCUT2D eigenvalue weighted by Gasteiger charge is 2.14. The number of carboxylic acid groups (broad SMARTS) is 1. The second kappa shape index (κ2) is 6.08. The number of hydrogen-bond donors (Lipinski definition) is 2. The van der Waals surface area contributed by atoms with Crippen LogP contribution in [0.3, 0.4) is 0 Å². The summed E-state index contributed by atoms with van der Waals surface area (Å²) >= 11 is 0. The van der Waals surface area contributed by atoms with Crippen LogP contribution in [0, 0.1) is 0 Å². The Bertz CT molecular complexity index is 440. The number of anilines is 1. The predicted molar refractivity (Wildman–Crippen MR) is 66.3 cm³/mol. The number of hydrogen-bond acceptors (Lipinski definition) is 3. The van der Waals surface area contributed by atoms with E-state index in [4.69, 9.17) is 5.11 Å². The van der Waals surface area contributed by atoms with Gasteiger partial charge < -0.3 is 15.0 Å². The highest BCUT2D eigenvalue weighted by atomic mass is 16.4. The van der Waals surface area contributed by atoms with Gasteiger partial charge in [-0.25, -0.2) is 4.79 Å². The minimum absolute atomic E-state index is 0.0687. The maximum absolute atomic E-state index is 11.5. The third kappa shape index (κ3) is 3.62. The lowest BCUT2D eigenvalue weighted by molar-refractivity contribution is -0.137. The molecule has 94 valence electrons. The van der Waals surface area contributed by atoms with Crippen molar-refractivity contribution in [2.45, 2.75) is 39.3 Å². The van der Waals surface area contributed by atoms with Gasteiger partial charge in [-0.1, -0.05) is 13.8 Å². The highest BCUT2D eigenvalue weighted by molar-refractivity contribution is 5.77. The predicted octanol–water partition coefficient (Wildman–Crippen LogP) is 1.53. The summed E-state index contributed by atoms with van der Waals surface area (Å²) < 4.78 is 1.58. The molecule has 2 N–H and O–H groups in total. The molecule has 1 unspecified atom stereocenters. The summed E-state index contributed by atoms with van der Waals surface area (Å²) in [7, 11) is 0. The molecule has 0 amide bonds. The maximum atomic E-state index is 11.5. The molecular formula is C12H18N2O3. The van der Waals surface area contributed by atoms with Crippen molar-refractivity contribution in [1.29, 1.82) is 0 Å². The normalized spacial score (nSPS) is 12.1. The van der Waals surface area contributed by atoms with E-state index in [1.165, 1.54) is 6.07 Å². The zero-order valence-electron chi connectivity index (χ0n) is 10.1. The number of rotatable bonds is 6. The molecule has 0 radical (unpaired) electrons. The van der Waals surface area contributed by atoms with Gasteiger partial charge in [0.1, 0.15) is 6.04 Å². The Morgan fingerprint density at radius 2 is 2.18 bits per heavy atom.